The molecule has 0 radical (unpaired) electrons. The van der Waals surface area contributed by atoms with Crippen LogP contribution in [0, 0.1) is 13.8 Å². The number of aryl methyl sites for hydroxylation is 2. The summed E-state index contributed by atoms with van der Waals surface area (Å²) in [6.45, 7) is 4.63. The topological polar surface area (TPSA) is 42.8 Å². The summed E-state index contributed by atoms with van der Waals surface area (Å²) in [5.41, 5.74) is 8.11. The molecule has 0 unspecified atom stereocenters. The van der Waals surface area contributed by atoms with Gasteiger partial charge < -0.3 is 9.47 Å². The van der Waals surface area contributed by atoms with E-state index in [4.69, 9.17) is 32.7 Å². The lowest BCUT2D eigenvalue weighted by Crippen LogP contribution is -2.00. The number of hydrogen-bond acceptors (Lipinski definition) is 4. The Morgan fingerprint density at radius 3 is 2.52 bits per heavy atom. The normalized spacial score (nSPS) is 10.9. The van der Waals surface area contributed by atoms with Crippen LogP contribution in [0.2, 0.25) is 10.0 Å². The summed E-state index contributed by atoms with van der Waals surface area (Å²) in [6, 6.07) is 17.2. The van der Waals surface area contributed by atoms with Crippen LogP contribution in [-0.2, 0) is 6.61 Å². The predicted molar refractivity (Wildman–Crippen MR) is 121 cm³/mol. The molecule has 0 saturated carbocycles. The van der Waals surface area contributed by atoms with Crippen LogP contribution < -0.4 is 14.9 Å². The Kier molecular flexibility index (Phi) is 7.02. The largest absolute Gasteiger partial charge is 0.493 e. The number of halogens is 2. The quantitative estimate of drug-likeness (QED) is 0.338. The summed E-state index contributed by atoms with van der Waals surface area (Å²) in [4.78, 5) is 0. The van der Waals surface area contributed by atoms with Gasteiger partial charge in [0.2, 0.25) is 0 Å². The van der Waals surface area contributed by atoms with E-state index in [1.165, 1.54) is 11.1 Å². The molecule has 29 heavy (non-hydrogen) atoms. The Balaban J connectivity index is 1.67. The minimum Gasteiger partial charge on any atom is -0.493 e. The van der Waals surface area contributed by atoms with Gasteiger partial charge in [-0.15, -0.1) is 0 Å². The standard InChI is InChI=1S/C23H22Cl2N2O2/c1-15-4-5-16(2)18(10-15)14-29-22-9-6-17(11-23(22)28-3)13-26-27-19-7-8-20(24)21(25)12-19/h4-13,27H,14H2,1-3H3. The first-order chi connectivity index (χ1) is 14.0. The SMILES string of the molecule is COc1cc(C=NNc2ccc(Cl)c(Cl)c2)ccc1OCc1cc(C)ccc1C. The molecule has 1 N–H and O–H groups in total. The third-order valence-electron chi connectivity index (χ3n) is 4.40. The van der Waals surface area contributed by atoms with E-state index >= 15 is 0 Å². The number of hydrazone groups is 1. The molecule has 0 saturated heterocycles. The van der Waals surface area contributed by atoms with Gasteiger partial charge in [-0.1, -0.05) is 47.0 Å². The van der Waals surface area contributed by atoms with Crippen molar-refractivity contribution >= 4 is 35.1 Å². The second-order valence-corrected chi connectivity index (χ2v) is 7.44. The van der Waals surface area contributed by atoms with Crippen LogP contribution in [-0.4, -0.2) is 13.3 Å². The molecule has 4 nitrogen and oxygen atoms in total. The van der Waals surface area contributed by atoms with Gasteiger partial charge in [-0.05, 0) is 66.9 Å². The highest BCUT2D eigenvalue weighted by molar-refractivity contribution is 6.42. The van der Waals surface area contributed by atoms with E-state index in [1.54, 1.807) is 31.5 Å². The molecule has 0 aliphatic rings. The Bertz CT molecular complexity index is 1040. The van der Waals surface area contributed by atoms with Crippen LogP contribution in [0.25, 0.3) is 0 Å². The van der Waals surface area contributed by atoms with Crippen LogP contribution in [0.1, 0.15) is 22.3 Å². The number of nitrogens with one attached hydrogen (secondary N) is 1. The number of hydrogen-bond donors (Lipinski definition) is 1. The van der Waals surface area contributed by atoms with Gasteiger partial charge in [0, 0.05) is 0 Å². The number of rotatable bonds is 7. The maximum atomic E-state index is 6.00. The molecule has 0 aliphatic heterocycles. The molecule has 3 rings (SSSR count). The Labute approximate surface area is 181 Å². The fraction of sp³-hybridized carbons (Fsp3) is 0.174. The molecular formula is C23H22Cl2N2O2. The van der Waals surface area contributed by atoms with Crippen molar-refractivity contribution in [2.75, 3.05) is 12.5 Å². The average molecular weight is 429 g/mol. The van der Waals surface area contributed by atoms with Crippen molar-refractivity contribution in [3.63, 3.8) is 0 Å². The Hall–Kier alpha value is -2.69. The first-order valence-electron chi connectivity index (χ1n) is 9.07. The molecule has 150 valence electrons. The second-order valence-electron chi connectivity index (χ2n) is 6.63. The van der Waals surface area contributed by atoms with Gasteiger partial charge >= 0.3 is 0 Å². The van der Waals surface area contributed by atoms with Gasteiger partial charge in [0.15, 0.2) is 11.5 Å². The number of benzene rings is 3. The van der Waals surface area contributed by atoms with Crippen molar-refractivity contribution in [2.24, 2.45) is 5.10 Å². The molecule has 0 bridgehead atoms. The zero-order chi connectivity index (χ0) is 20.8. The second kappa shape index (κ2) is 9.68. The molecule has 0 amide bonds. The summed E-state index contributed by atoms with van der Waals surface area (Å²) in [6.07, 6.45) is 1.69. The number of nitrogens with zero attached hydrogens (tertiary/aromatic N) is 1. The van der Waals surface area contributed by atoms with Crippen LogP contribution in [0.3, 0.4) is 0 Å². The van der Waals surface area contributed by atoms with Crippen molar-refractivity contribution in [3.8, 4) is 11.5 Å². The lowest BCUT2D eigenvalue weighted by molar-refractivity contribution is 0.284. The van der Waals surface area contributed by atoms with Crippen LogP contribution in [0.15, 0.2) is 59.7 Å². The van der Waals surface area contributed by atoms with Crippen LogP contribution in [0.5, 0.6) is 11.5 Å². The summed E-state index contributed by atoms with van der Waals surface area (Å²) in [5, 5.41) is 5.20. The molecule has 3 aromatic carbocycles. The minimum atomic E-state index is 0.471. The number of anilines is 1. The number of methoxy groups -OCH3 is 1. The Morgan fingerprint density at radius 1 is 0.931 bits per heavy atom. The maximum absolute atomic E-state index is 6.00. The molecular weight excluding hydrogens is 407 g/mol. The molecule has 0 heterocycles. The molecule has 3 aromatic rings. The third kappa shape index (κ3) is 5.66. The van der Waals surface area contributed by atoms with Gasteiger partial charge in [0.25, 0.3) is 0 Å². The van der Waals surface area contributed by atoms with Crippen LogP contribution >= 0.6 is 23.2 Å². The van der Waals surface area contributed by atoms with Crippen molar-refractivity contribution in [2.45, 2.75) is 20.5 Å². The highest BCUT2D eigenvalue weighted by atomic mass is 35.5. The molecule has 0 fully saturated rings. The third-order valence-corrected chi connectivity index (χ3v) is 5.14. The molecule has 0 aromatic heterocycles. The van der Waals surface area contributed by atoms with E-state index in [9.17, 15) is 0 Å². The monoisotopic (exact) mass is 428 g/mol. The van der Waals surface area contributed by atoms with E-state index in [1.807, 2.05) is 18.2 Å². The van der Waals surface area contributed by atoms with Crippen molar-refractivity contribution in [1.29, 1.82) is 0 Å². The average Bonchev–Trinajstić information content (AvgIpc) is 2.71. The predicted octanol–water partition coefficient (Wildman–Crippen LogP) is 6.64. The smallest absolute Gasteiger partial charge is 0.161 e. The zero-order valence-electron chi connectivity index (χ0n) is 16.5. The fourth-order valence-electron chi connectivity index (χ4n) is 2.74. The van der Waals surface area contributed by atoms with Gasteiger partial charge in [0.1, 0.15) is 6.61 Å². The summed E-state index contributed by atoms with van der Waals surface area (Å²) in [5.74, 6) is 1.33. The highest BCUT2D eigenvalue weighted by Crippen LogP contribution is 2.29. The minimum absolute atomic E-state index is 0.471. The lowest BCUT2D eigenvalue weighted by Gasteiger charge is -2.13. The van der Waals surface area contributed by atoms with Gasteiger partial charge in [-0.3, -0.25) is 5.43 Å². The first kappa shape index (κ1) is 21.0. The first-order valence-corrected chi connectivity index (χ1v) is 9.83. The Morgan fingerprint density at radius 2 is 1.76 bits per heavy atom. The fourth-order valence-corrected chi connectivity index (χ4v) is 3.04. The van der Waals surface area contributed by atoms with Crippen molar-refractivity contribution in [1.82, 2.24) is 0 Å². The van der Waals surface area contributed by atoms with E-state index in [2.05, 4.69) is 42.6 Å². The van der Waals surface area contributed by atoms with Gasteiger partial charge in [0.05, 0.1) is 29.1 Å². The number of ether oxygens (including phenoxy) is 2. The van der Waals surface area contributed by atoms with E-state index in [0.717, 1.165) is 16.8 Å². The summed E-state index contributed by atoms with van der Waals surface area (Å²) in [7, 11) is 1.62. The van der Waals surface area contributed by atoms with Crippen molar-refractivity contribution in [3.05, 3.63) is 86.9 Å². The highest BCUT2D eigenvalue weighted by Gasteiger charge is 2.07. The van der Waals surface area contributed by atoms with Crippen molar-refractivity contribution < 1.29 is 9.47 Å². The summed E-state index contributed by atoms with van der Waals surface area (Å²) >= 11 is 11.9. The lowest BCUT2D eigenvalue weighted by atomic mass is 10.1. The van der Waals surface area contributed by atoms with Gasteiger partial charge in [-0.2, -0.15) is 5.10 Å². The van der Waals surface area contributed by atoms with Gasteiger partial charge in [-0.25, -0.2) is 0 Å². The van der Waals surface area contributed by atoms with E-state index in [-0.39, 0.29) is 0 Å². The molecule has 0 spiro atoms. The summed E-state index contributed by atoms with van der Waals surface area (Å²) < 4.78 is 11.5. The zero-order valence-corrected chi connectivity index (χ0v) is 18.0. The molecule has 0 atom stereocenters. The van der Waals surface area contributed by atoms with E-state index < -0.39 is 0 Å². The maximum Gasteiger partial charge on any atom is 0.161 e. The van der Waals surface area contributed by atoms with E-state index in [0.29, 0.717) is 28.2 Å². The molecule has 6 heteroatoms. The van der Waals surface area contributed by atoms with Crippen LogP contribution in [0.4, 0.5) is 5.69 Å². The molecule has 0 aliphatic carbocycles.